The first-order valence-corrected chi connectivity index (χ1v) is 5.62. The summed E-state index contributed by atoms with van der Waals surface area (Å²) in [4.78, 5) is 11.0. The first-order valence-electron chi connectivity index (χ1n) is 5.62. The van der Waals surface area contributed by atoms with Crippen molar-refractivity contribution in [2.75, 3.05) is 6.61 Å². The minimum Gasteiger partial charge on any atom is -0.508 e. The fourth-order valence-corrected chi connectivity index (χ4v) is 1.21. The van der Waals surface area contributed by atoms with Gasteiger partial charge in [0, 0.05) is 20.0 Å². The Morgan fingerprint density at radius 3 is 2.28 bits per heavy atom. The van der Waals surface area contributed by atoms with Crippen LogP contribution < -0.4 is 5.32 Å². The Morgan fingerprint density at radius 1 is 1.33 bits per heavy atom. The van der Waals surface area contributed by atoms with Crippen LogP contribution in [0.1, 0.15) is 27.2 Å². The third-order valence-corrected chi connectivity index (χ3v) is 1.95. The van der Waals surface area contributed by atoms with Gasteiger partial charge in [0.1, 0.15) is 17.6 Å². The van der Waals surface area contributed by atoms with E-state index >= 15 is 0 Å². The van der Waals surface area contributed by atoms with Gasteiger partial charge in [-0.15, -0.1) is 0 Å². The second-order valence-electron chi connectivity index (χ2n) is 4.05. The second kappa shape index (κ2) is 8.04. The SMILES string of the molecule is CC(=O)N/C(=C(\O)[C@H](O)CCO)[C@H](O)OC(C)C. The third-order valence-electron chi connectivity index (χ3n) is 1.95. The zero-order valence-corrected chi connectivity index (χ0v) is 10.8. The van der Waals surface area contributed by atoms with Gasteiger partial charge in [-0.2, -0.15) is 0 Å². The minimum absolute atomic E-state index is 0.122. The summed E-state index contributed by atoms with van der Waals surface area (Å²) in [5.74, 6) is -1.16. The van der Waals surface area contributed by atoms with Crippen LogP contribution >= 0.6 is 0 Å². The molecule has 0 rings (SSSR count). The molecule has 0 aromatic rings. The summed E-state index contributed by atoms with van der Waals surface area (Å²) in [6.45, 7) is 4.17. The van der Waals surface area contributed by atoms with Crippen molar-refractivity contribution >= 4 is 5.91 Å². The van der Waals surface area contributed by atoms with Crippen LogP contribution in [0.4, 0.5) is 0 Å². The summed E-state index contributed by atoms with van der Waals surface area (Å²) in [5.41, 5.74) is -0.322. The van der Waals surface area contributed by atoms with Crippen LogP contribution in [0.2, 0.25) is 0 Å². The van der Waals surface area contributed by atoms with E-state index in [1.165, 1.54) is 6.92 Å². The molecule has 0 aromatic carbocycles. The van der Waals surface area contributed by atoms with Crippen LogP contribution in [0.3, 0.4) is 0 Å². The van der Waals surface area contributed by atoms with Gasteiger partial charge in [0.15, 0.2) is 6.29 Å². The van der Waals surface area contributed by atoms with E-state index in [0.717, 1.165) is 0 Å². The minimum atomic E-state index is -1.57. The van der Waals surface area contributed by atoms with Crippen molar-refractivity contribution in [1.29, 1.82) is 0 Å². The lowest BCUT2D eigenvalue weighted by Gasteiger charge is -2.21. The van der Waals surface area contributed by atoms with E-state index in [1.807, 2.05) is 0 Å². The van der Waals surface area contributed by atoms with Crippen molar-refractivity contribution in [3.63, 3.8) is 0 Å². The highest BCUT2D eigenvalue weighted by atomic mass is 16.6. The normalized spacial score (nSPS) is 16.2. The van der Waals surface area contributed by atoms with E-state index in [-0.39, 0.29) is 24.8 Å². The van der Waals surface area contributed by atoms with E-state index in [9.17, 15) is 20.1 Å². The van der Waals surface area contributed by atoms with E-state index in [0.29, 0.717) is 0 Å². The van der Waals surface area contributed by atoms with Gasteiger partial charge >= 0.3 is 0 Å². The number of rotatable bonds is 7. The first kappa shape index (κ1) is 16.9. The lowest BCUT2D eigenvalue weighted by Crippen LogP contribution is -2.35. The fraction of sp³-hybridized carbons (Fsp3) is 0.727. The predicted molar refractivity (Wildman–Crippen MR) is 63.4 cm³/mol. The molecule has 0 saturated carbocycles. The molecule has 0 radical (unpaired) electrons. The molecular formula is C11H21NO6. The Morgan fingerprint density at radius 2 is 1.89 bits per heavy atom. The van der Waals surface area contributed by atoms with Crippen LogP contribution in [-0.4, -0.2) is 51.4 Å². The van der Waals surface area contributed by atoms with Gasteiger partial charge in [-0.25, -0.2) is 0 Å². The van der Waals surface area contributed by atoms with Gasteiger partial charge in [-0.05, 0) is 13.8 Å². The standard InChI is InChI=1S/C11H21NO6/c1-6(2)18-11(17)9(12-7(3)14)10(16)8(15)4-5-13/h6,8,11,13,15-17H,4-5H2,1-3H3,(H,12,14)/b10-9-/t8-,11-/m1/s1. The number of ether oxygens (including phenoxy) is 1. The van der Waals surface area contributed by atoms with Crippen molar-refractivity contribution in [3.05, 3.63) is 11.5 Å². The topological polar surface area (TPSA) is 119 Å². The molecule has 0 aliphatic rings. The van der Waals surface area contributed by atoms with Crippen LogP contribution in [0.5, 0.6) is 0 Å². The molecule has 7 nitrogen and oxygen atoms in total. The zero-order chi connectivity index (χ0) is 14.3. The fourth-order valence-electron chi connectivity index (χ4n) is 1.21. The van der Waals surface area contributed by atoms with Gasteiger partial charge in [0.05, 0.1) is 6.10 Å². The number of aliphatic hydroxyl groups excluding tert-OH is 4. The Kier molecular flexibility index (Phi) is 7.53. The second-order valence-corrected chi connectivity index (χ2v) is 4.05. The van der Waals surface area contributed by atoms with Crippen LogP contribution in [-0.2, 0) is 9.53 Å². The van der Waals surface area contributed by atoms with E-state index in [1.54, 1.807) is 13.8 Å². The molecule has 106 valence electrons. The predicted octanol–water partition coefficient (Wildman–Crippen LogP) is -0.621. The maximum Gasteiger partial charge on any atom is 0.221 e. The summed E-state index contributed by atoms with van der Waals surface area (Å²) >= 11 is 0. The molecule has 2 atom stereocenters. The van der Waals surface area contributed by atoms with Crippen LogP contribution in [0, 0.1) is 0 Å². The summed E-state index contributed by atoms with van der Waals surface area (Å²) in [6.07, 6.45) is -3.42. The summed E-state index contributed by atoms with van der Waals surface area (Å²) < 4.78 is 5.01. The molecule has 0 aliphatic carbocycles. The van der Waals surface area contributed by atoms with Crippen molar-refractivity contribution in [2.45, 2.75) is 45.7 Å². The highest BCUT2D eigenvalue weighted by Crippen LogP contribution is 2.13. The van der Waals surface area contributed by atoms with Gasteiger partial charge in [-0.3, -0.25) is 4.79 Å². The number of hydrogen-bond donors (Lipinski definition) is 5. The molecule has 0 aromatic heterocycles. The Hall–Kier alpha value is -1.15. The molecular weight excluding hydrogens is 242 g/mol. The van der Waals surface area contributed by atoms with Gasteiger partial charge < -0.3 is 30.5 Å². The molecule has 0 spiro atoms. The number of hydrogen-bond acceptors (Lipinski definition) is 6. The van der Waals surface area contributed by atoms with Crippen molar-refractivity contribution < 1.29 is 30.0 Å². The van der Waals surface area contributed by atoms with Crippen molar-refractivity contribution in [2.24, 2.45) is 0 Å². The van der Waals surface area contributed by atoms with Crippen molar-refractivity contribution in [1.82, 2.24) is 5.32 Å². The lowest BCUT2D eigenvalue weighted by molar-refractivity contribution is -0.125. The highest BCUT2D eigenvalue weighted by Gasteiger charge is 2.23. The van der Waals surface area contributed by atoms with Gasteiger partial charge in [0.25, 0.3) is 0 Å². The lowest BCUT2D eigenvalue weighted by atomic mass is 10.2. The Bertz CT molecular complexity index is 302. The summed E-state index contributed by atoms with van der Waals surface area (Å²) in [7, 11) is 0. The maximum atomic E-state index is 11.0. The molecule has 7 heteroatoms. The molecule has 0 saturated heterocycles. The molecule has 0 aliphatic heterocycles. The van der Waals surface area contributed by atoms with E-state index < -0.39 is 24.1 Å². The average Bonchev–Trinajstić information content (AvgIpc) is 2.23. The number of nitrogens with one attached hydrogen (secondary N) is 1. The number of amides is 1. The maximum absolute atomic E-state index is 11.0. The number of carbonyl (C=O) groups excluding carboxylic acids is 1. The van der Waals surface area contributed by atoms with Gasteiger partial charge in [0.2, 0.25) is 5.91 Å². The summed E-state index contributed by atoms with van der Waals surface area (Å²) in [6, 6.07) is 0. The van der Waals surface area contributed by atoms with E-state index in [2.05, 4.69) is 5.32 Å². The molecule has 0 fully saturated rings. The molecule has 1 amide bonds. The Labute approximate surface area is 106 Å². The largest absolute Gasteiger partial charge is 0.508 e. The van der Waals surface area contributed by atoms with Crippen LogP contribution in [0.15, 0.2) is 11.5 Å². The monoisotopic (exact) mass is 263 g/mol. The van der Waals surface area contributed by atoms with Crippen molar-refractivity contribution in [3.8, 4) is 0 Å². The molecule has 0 heterocycles. The smallest absolute Gasteiger partial charge is 0.221 e. The third kappa shape index (κ3) is 5.97. The zero-order valence-electron chi connectivity index (χ0n) is 10.8. The van der Waals surface area contributed by atoms with E-state index in [4.69, 9.17) is 9.84 Å². The number of carbonyl (C=O) groups is 1. The first-order chi connectivity index (χ1) is 8.29. The van der Waals surface area contributed by atoms with Gasteiger partial charge in [-0.1, -0.05) is 0 Å². The highest BCUT2D eigenvalue weighted by molar-refractivity contribution is 5.75. The van der Waals surface area contributed by atoms with Crippen LogP contribution in [0.25, 0.3) is 0 Å². The Balaban J connectivity index is 5.05. The number of aliphatic hydroxyl groups is 4. The average molecular weight is 263 g/mol. The summed E-state index contributed by atoms with van der Waals surface area (Å²) in [5, 5.41) is 39.7. The molecule has 0 bridgehead atoms. The quantitative estimate of drug-likeness (QED) is 0.308. The molecule has 0 unspecified atom stereocenters. The molecule has 18 heavy (non-hydrogen) atoms. The molecule has 5 N–H and O–H groups in total.